The Labute approximate surface area is 160 Å². The first-order valence-electron chi connectivity index (χ1n) is 9.66. The zero-order chi connectivity index (χ0) is 19.4. The Morgan fingerprint density at radius 1 is 1.11 bits per heavy atom. The molecule has 5 heteroatoms. The van der Waals surface area contributed by atoms with Gasteiger partial charge in [-0.1, -0.05) is 38.1 Å². The summed E-state index contributed by atoms with van der Waals surface area (Å²) in [4.78, 5) is 35.4. The van der Waals surface area contributed by atoms with Crippen LogP contribution in [0.3, 0.4) is 0 Å². The maximum absolute atomic E-state index is 12.8. The van der Waals surface area contributed by atoms with Crippen LogP contribution in [0.5, 0.6) is 0 Å². The molecule has 1 aromatic heterocycles. The largest absolute Gasteiger partial charge is 0.337 e. The Kier molecular flexibility index (Phi) is 5.99. The zero-order valence-corrected chi connectivity index (χ0v) is 16.3. The minimum absolute atomic E-state index is 0.0165. The SMILES string of the molecule is Cc1nccc(C(=O)N2CCC(C(=O)c3ccc(CC(C)C)cc3)CC2)n1. The Morgan fingerprint density at radius 3 is 2.37 bits per heavy atom. The fraction of sp³-hybridized carbons (Fsp3) is 0.455. The van der Waals surface area contributed by atoms with Crippen molar-refractivity contribution in [2.75, 3.05) is 13.1 Å². The Bertz CT molecular complexity index is 807. The monoisotopic (exact) mass is 365 g/mol. The number of hydrogen-bond acceptors (Lipinski definition) is 4. The van der Waals surface area contributed by atoms with Crippen molar-refractivity contribution in [3.63, 3.8) is 0 Å². The van der Waals surface area contributed by atoms with Crippen molar-refractivity contribution in [3.05, 3.63) is 59.2 Å². The number of hydrogen-bond donors (Lipinski definition) is 0. The summed E-state index contributed by atoms with van der Waals surface area (Å²) in [5.41, 5.74) is 2.47. The molecule has 0 bridgehead atoms. The van der Waals surface area contributed by atoms with Gasteiger partial charge in [0.15, 0.2) is 5.78 Å². The second kappa shape index (κ2) is 8.42. The molecular formula is C22H27N3O2. The Hall–Kier alpha value is -2.56. The van der Waals surface area contributed by atoms with Crippen LogP contribution in [-0.2, 0) is 6.42 Å². The second-order valence-electron chi connectivity index (χ2n) is 7.71. The molecule has 0 radical (unpaired) electrons. The molecule has 0 atom stereocenters. The summed E-state index contributed by atoms with van der Waals surface area (Å²) in [6, 6.07) is 9.65. The molecule has 1 amide bonds. The molecule has 1 aliphatic rings. The predicted octanol–water partition coefficient (Wildman–Crippen LogP) is 3.72. The number of rotatable bonds is 5. The molecule has 2 heterocycles. The standard InChI is InChI=1S/C22H27N3O2/c1-15(2)14-17-4-6-18(7-5-17)21(26)19-9-12-25(13-10-19)22(27)20-8-11-23-16(3)24-20/h4-8,11,15,19H,9-10,12-14H2,1-3H3. The number of piperidine rings is 1. The van der Waals surface area contributed by atoms with Crippen molar-refractivity contribution in [2.24, 2.45) is 11.8 Å². The lowest BCUT2D eigenvalue weighted by Gasteiger charge is -2.31. The first-order valence-corrected chi connectivity index (χ1v) is 9.66. The van der Waals surface area contributed by atoms with Gasteiger partial charge in [0.2, 0.25) is 0 Å². The van der Waals surface area contributed by atoms with Crippen LogP contribution in [0.4, 0.5) is 0 Å². The fourth-order valence-electron chi connectivity index (χ4n) is 3.59. The van der Waals surface area contributed by atoms with Crippen LogP contribution in [0.2, 0.25) is 0 Å². The third kappa shape index (κ3) is 4.79. The number of nitrogens with zero attached hydrogens (tertiary/aromatic N) is 3. The van der Waals surface area contributed by atoms with Crippen molar-refractivity contribution in [1.29, 1.82) is 0 Å². The van der Waals surface area contributed by atoms with E-state index in [4.69, 9.17) is 0 Å². The topological polar surface area (TPSA) is 63.2 Å². The summed E-state index contributed by atoms with van der Waals surface area (Å²) in [7, 11) is 0. The zero-order valence-electron chi connectivity index (χ0n) is 16.3. The van der Waals surface area contributed by atoms with E-state index in [0.717, 1.165) is 12.0 Å². The number of amides is 1. The minimum Gasteiger partial charge on any atom is -0.337 e. The van der Waals surface area contributed by atoms with Gasteiger partial charge in [-0.25, -0.2) is 9.97 Å². The quantitative estimate of drug-likeness (QED) is 0.758. The summed E-state index contributed by atoms with van der Waals surface area (Å²) in [5, 5.41) is 0. The number of likely N-dealkylation sites (tertiary alicyclic amines) is 1. The molecule has 3 rings (SSSR count). The van der Waals surface area contributed by atoms with Gasteiger partial charge in [-0.15, -0.1) is 0 Å². The maximum atomic E-state index is 12.8. The first-order chi connectivity index (χ1) is 12.9. The van der Waals surface area contributed by atoms with Gasteiger partial charge in [0.05, 0.1) is 0 Å². The summed E-state index contributed by atoms with van der Waals surface area (Å²) >= 11 is 0. The lowest BCUT2D eigenvalue weighted by Crippen LogP contribution is -2.40. The van der Waals surface area contributed by atoms with Gasteiger partial charge in [-0.2, -0.15) is 0 Å². The molecule has 1 aromatic carbocycles. The number of benzene rings is 1. The van der Waals surface area contributed by atoms with E-state index in [1.807, 2.05) is 12.1 Å². The van der Waals surface area contributed by atoms with Crippen LogP contribution in [-0.4, -0.2) is 39.6 Å². The van der Waals surface area contributed by atoms with Crippen molar-refractivity contribution in [1.82, 2.24) is 14.9 Å². The maximum Gasteiger partial charge on any atom is 0.272 e. The number of ketones is 1. The van der Waals surface area contributed by atoms with Crippen molar-refractivity contribution >= 4 is 11.7 Å². The van der Waals surface area contributed by atoms with E-state index in [1.54, 1.807) is 24.1 Å². The highest BCUT2D eigenvalue weighted by atomic mass is 16.2. The highest BCUT2D eigenvalue weighted by molar-refractivity contribution is 5.98. The minimum atomic E-state index is -0.0792. The Balaban J connectivity index is 1.58. The van der Waals surface area contributed by atoms with Crippen LogP contribution >= 0.6 is 0 Å². The summed E-state index contributed by atoms with van der Waals surface area (Å²) in [6.45, 7) is 7.33. The molecule has 0 aliphatic carbocycles. The normalized spacial score (nSPS) is 15.2. The lowest BCUT2D eigenvalue weighted by atomic mass is 9.88. The molecule has 1 saturated heterocycles. The van der Waals surface area contributed by atoms with E-state index in [1.165, 1.54) is 5.56 Å². The van der Waals surface area contributed by atoms with Crippen LogP contribution in [0.25, 0.3) is 0 Å². The van der Waals surface area contributed by atoms with E-state index in [0.29, 0.717) is 43.4 Å². The third-order valence-electron chi connectivity index (χ3n) is 5.03. The molecule has 1 fully saturated rings. The average Bonchev–Trinajstić information content (AvgIpc) is 2.67. The molecule has 5 nitrogen and oxygen atoms in total. The van der Waals surface area contributed by atoms with Crippen LogP contribution in [0.1, 0.15) is 58.9 Å². The number of Topliss-reactive ketones (excluding diaryl/α,β-unsaturated/α-hetero) is 1. The summed E-state index contributed by atoms with van der Waals surface area (Å²) in [5.74, 6) is 1.29. The predicted molar refractivity (Wildman–Crippen MR) is 105 cm³/mol. The van der Waals surface area contributed by atoms with Crippen molar-refractivity contribution in [2.45, 2.75) is 40.0 Å². The second-order valence-corrected chi connectivity index (χ2v) is 7.71. The van der Waals surface area contributed by atoms with E-state index in [9.17, 15) is 9.59 Å². The molecule has 0 spiro atoms. The van der Waals surface area contributed by atoms with Gasteiger partial charge in [0, 0.05) is 30.8 Å². The Morgan fingerprint density at radius 2 is 1.78 bits per heavy atom. The van der Waals surface area contributed by atoms with Gasteiger partial charge in [-0.3, -0.25) is 9.59 Å². The van der Waals surface area contributed by atoms with Gasteiger partial charge in [0.1, 0.15) is 11.5 Å². The van der Waals surface area contributed by atoms with E-state index in [2.05, 4.69) is 35.9 Å². The van der Waals surface area contributed by atoms with Crippen LogP contribution in [0.15, 0.2) is 36.5 Å². The van der Waals surface area contributed by atoms with E-state index >= 15 is 0 Å². The van der Waals surface area contributed by atoms with Gasteiger partial charge in [-0.05, 0) is 43.7 Å². The van der Waals surface area contributed by atoms with E-state index in [-0.39, 0.29) is 17.6 Å². The van der Waals surface area contributed by atoms with Gasteiger partial charge >= 0.3 is 0 Å². The van der Waals surface area contributed by atoms with Crippen LogP contribution in [0, 0.1) is 18.8 Å². The number of aromatic nitrogens is 2. The van der Waals surface area contributed by atoms with Crippen LogP contribution < -0.4 is 0 Å². The molecule has 0 saturated carbocycles. The fourth-order valence-corrected chi connectivity index (χ4v) is 3.59. The highest BCUT2D eigenvalue weighted by Gasteiger charge is 2.28. The molecular weight excluding hydrogens is 338 g/mol. The third-order valence-corrected chi connectivity index (χ3v) is 5.03. The van der Waals surface area contributed by atoms with E-state index < -0.39 is 0 Å². The smallest absolute Gasteiger partial charge is 0.272 e. The number of carbonyl (C=O) groups is 2. The number of aryl methyl sites for hydroxylation is 1. The first kappa shape index (κ1) is 19.2. The molecule has 2 aromatic rings. The average molecular weight is 365 g/mol. The molecule has 1 aliphatic heterocycles. The van der Waals surface area contributed by atoms with Crippen molar-refractivity contribution < 1.29 is 9.59 Å². The van der Waals surface area contributed by atoms with Crippen molar-refractivity contribution in [3.8, 4) is 0 Å². The van der Waals surface area contributed by atoms with Gasteiger partial charge < -0.3 is 4.90 Å². The number of carbonyl (C=O) groups excluding carboxylic acids is 2. The summed E-state index contributed by atoms with van der Waals surface area (Å²) < 4.78 is 0. The molecule has 27 heavy (non-hydrogen) atoms. The summed E-state index contributed by atoms with van der Waals surface area (Å²) in [6.07, 6.45) is 4.02. The molecule has 0 N–H and O–H groups in total. The van der Waals surface area contributed by atoms with Gasteiger partial charge in [0.25, 0.3) is 5.91 Å². The highest BCUT2D eigenvalue weighted by Crippen LogP contribution is 2.23. The lowest BCUT2D eigenvalue weighted by molar-refractivity contribution is 0.0645. The molecule has 142 valence electrons. The molecule has 0 unspecified atom stereocenters.